The van der Waals surface area contributed by atoms with Crippen molar-refractivity contribution in [3.05, 3.63) is 0 Å². The second kappa shape index (κ2) is 11.7. The van der Waals surface area contributed by atoms with Crippen LogP contribution in [0.4, 0.5) is 0 Å². The van der Waals surface area contributed by atoms with Gasteiger partial charge in [-0.3, -0.25) is 9.69 Å². The Morgan fingerprint density at radius 3 is 2.52 bits per heavy atom. The number of alkyl halides is 1. The van der Waals surface area contributed by atoms with Crippen LogP contribution in [0.5, 0.6) is 0 Å². The third-order valence-corrected chi connectivity index (χ3v) is 8.44. The summed E-state index contributed by atoms with van der Waals surface area (Å²) in [7, 11) is 1.94. The molecule has 3 saturated heterocycles. The number of carbonyl (C=O) groups excluding carboxylic acids is 1. The molecule has 0 saturated carbocycles. The maximum atomic E-state index is 13.5. The molecule has 0 bridgehead atoms. The number of hydrogen-bond donors (Lipinski definition) is 4. The third-order valence-electron chi connectivity index (χ3n) is 7.32. The molecule has 0 aromatic carbocycles. The van der Waals surface area contributed by atoms with Gasteiger partial charge in [0.15, 0.2) is 0 Å². The zero-order valence-corrected chi connectivity index (χ0v) is 21.8. The molecule has 0 spiro atoms. The lowest BCUT2D eigenvalue weighted by Gasteiger charge is -2.44. The van der Waals surface area contributed by atoms with E-state index in [0.29, 0.717) is 24.4 Å². The summed E-state index contributed by atoms with van der Waals surface area (Å²) in [5.74, 6) is 1.31. The Labute approximate surface area is 206 Å². The highest BCUT2D eigenvalue weighted by molar-refractivity contribution is 7.99. The minimum atomic E-state index is -1.39. The van der Waals surface area contributed by atoms with E-state index in [0.717, 1.165) is 19.4 Å². The molecule has 33 heavy (non-hydrogen) atoms. The van der Waals surface area contributed by atoms with E-state index in [1.165, 1.54) is 18.2 Å². The first-order valence-electron chi connectivity index (χ1n) is 12.0. The number of likely N-dealkylation sites (tertiary alicyclic amines) is 1. The van der Waals surface area contributed by atoms with E-state index in [1.807, 2.05) is 11.9 Å². The Morgan fingerprint density at radius 2 is 1.91 bits per heavy atom. The quantitative estimate of drug-likeness (QED) is 0.377. The van der Waals surface area contributed by atoms with E-state index in [2.05, 4.69) is 19.2 Å². The van der Waals surface area contributed by atoms with E-state index < -0.39 is 47.3 Å². The van der Waals surface area contributed by atoms with Gasteiger partial charge in [-0.15, -0.1) is 23.4 Å². The summed E-state index contributed by atoms with van der Waals surface area (Å²) in [5.41, 5.74) is -0.732. The second-order valence-corrected chi connectivity index (χ2v) is 12.0. The number of hydrogen-bond acceptors (Lipinski definition) is 8. The molecular formula is C23H41ClN2O6S. The highest BCUT2D eigenvalue weighted by atomic mass is 35.5. The predicted molar refractivity (Wildman–Crippen MR) is 129 cm³/mol. The zero-order valence-electron chi connectivity index (χ0n) is 20.3. The summed E-state index contributed by atoms with van der Waals surface area (Å²) in [6.07, 6.45) is -0.163. The molecule has 3 rings (SSSR count). The summed E-state index contributed by atoms with van der Waals surface area (Å²) in [4.78, 5) is 15.5. The van der Waals surface area contributed by atoms with E-state index in [-0.39, 0.29) is 12.0 Å². The average Bonchev–Trinajstić information content (AvgIpc) is 2.92. The Kier molecular flexibility index (Phi) is 9.77. The van der Waals surface area contributed by atoms with Gasteiger partial charge in [0.05, 0.1) is 17.5 Å². The molecule has 192 valence electrons. The van der Waals surface area contributed by atoms with Crippen LogP contribution in [-0.2, 0) is 14.3 Å². The summed E-state index contributed by atoms with van der Waals surface area (Å²) in [6, 6.07) is -1.21. The summed E-state index contributed by atoms with van der Waals surface area (Å²) < 4.78 is 12.1. The van der Waals surface area contributed by atoms with Crippen LogP contribution in [0.25, 0.3) is 0 Å². The van der Waals surface area contributed by atoms with Crippen molar-refractivity contribution in [3.63, 3.8) is 0 Å². The van der Waals surface area contributed by atoms with Crippen molar-refractivity contribution in [1.29, 1.82) is 0 Å². The van der Waals surface area contributed by atoms with Gasteiger partial charge < -0.3 is 30.1 Å². The third kappa shape index (κ3) is 6.17. The number of aliphatic hydroxyl groups is 3. The van der Waals surface area contributed by atoms with Crippen molar-refractivity contribution in [2.24, 2.45) is 17.8 Å². The monoisotopic (exact) mass is 508 g/mol. The van der Waals surface area contributed by atoms with Gasteiger partial charge in [0.25, 0.3) is 0 Å². The molecule has 0 aromatic heterocycles. The van der Waals surface area contributed by atoms with Crippen LogP contribution in [0.1, 0.15) is 40.0 Å². The number of halogens is 1. The molecule has 1 amide bonds. The minimum absolute atomic E-state index is 0.193. The van der Waals surface area contributed by atoms with Crippen molar-refractivity contribution in [2.75, 3.05) is 26.5 Å². The smallest absolute Gasteiger partial charge is 0.240 e. The van der Waals surface area contributed by atoms with Crippen molar-refractivity contribution in [1.82, 2.24) is 10.2 Å². The van der Waals surface area contributed by atoms with Crippen LogP contribution < -0.4 is 5.32 Å². The number of rotatable bonds is 7. The summed E-state index contributed by atoms with van der Waals surface area (Å²) in [6.45, 7) is 7.64. The maximum absolute atomic E-state index is 13.5. The van der Waals surface area contributed by atoms with Crippen molar-refractivity contribution >= 4 is 29.3 Å². The fraction of sp³-hybridized carbons (Fsp3) is 0.957. The number of ether oxygens (including phenoxy) is 2. The van der Waals surface area contributed by atoms with Gasteiger partial charge in [-0.05, 0) is 51.3 Å². The van der Waals surface area contributed by atoms with Gasteiger partial charge >= 0.3 is 0 Å². The number of aliphatic hydroxyl groups excluding tert-OH is 3. The second-order valence-electron chi connectivity index (χ2n) is 10.4. The molecular weight excluding hydrogens is 468 g/mol. The van der Waals surface area contributed by atoms with Gasteiger partial charge in [-0.25, -0.2) is 0 Å². The van der Waals surface area contributed by atoms with Crippen molar-refractivity contribution in [2.45, 2.75) is 93.5 Å². The van der Waals surface area contributed by atoms with Crippen molar-refractivity contribution in [3.8, 4) is 0 Å². The van der Waals surface area contributed by atoms with Crippen molar-refractivity contribution < 1.29 is 29.6 Å². The molecule has 0 aliphatic carbocycles. The SMILES string of the molecule is CSC1OC([C@H](NC(=O)[C@@H]2[C@@H]3OCC[C@H](CC(C)C)C[C@H]3CN2C)[C@H](C)Cl)C(O)C(O)C1O. The van der Waals surface area contributed by atoms with E-state index >= 15 is 0 Å². The Morgan fingerprint density at radius 1 is 1.21 bits per heavy atom. The Balaban J connectivity index is 1.72. The van der Waals surface area contributed by atoms with Gasteiger partial charge in [-0.2, -0.15) is 0 Å². The standard InChI is InChI=1S/C23H41ClN2O6S/c1-11(2)8-13-6-7-31-20-14(9-13)10-26(4)16(20)22(30)25-15(12(3)24)21-18(28)17(27)19(29)23(32-21)33-5/h11-21,23,27-29H,6-10H2,1-5H3,(H,25,30)/t12-,13+,14-,15+,16-,17?,18?,19?,20+,21?,23?/m0/s1. The first-order valence-corrected chi connectivity index (χ1v) is 13.8. The zero-order chi connectivity index (χ0) is 24.4. The molecule has 4 N–H and O–H groups in total. The minimum Gasteiger partial charge on any atom is -0.388 e. The first-order chi connectivity index (χ1) is 15.5. The largest absolute Gasteiger partial charge is 0.388 e. The van der Waals surface area contributed by atoms with E-state index in [9.17, 15) is 20.1 Å². The summed E-state index contributed by atoms with van der Waals surface area (Å²) in [5, 5.41) is 33.5. The highest BCUT2D eigenvalue weighted by Crippen LogP contribution is 2.37. The molecule has 5 unspecified atom stereocenters. The lowest BCUT2D eigenvalue weighted by Crippen LogP contribution is -2.65. The number of likely N-dealkylation sites (N-methyl/N-ethyl adjacent to an activating group) is 1. The Bertz CT molecular complexity index is 656. The normalized spacial score (nSPS) is 41.9. The molecule has 11 atom stereocenters. The number of nitrogens with one attached hydrogen (secondary N) is 1. The maximum Gasteiger partial charge on any atom is 0.240 e. The van der Waals surface area contributed by atoms with Gasteiger partial charge in [-0.1, -0.05) is 13.8 Å². The van der Waals surface area contributed by atoms with Crippen LogP contribution >= 0.6 is 23.4 Å². The van der Waals surface area contributed by atoms with E-state index in [4.69, 9.17) is 21.1 Å². The fourth-order valence-electron chi connectivity index (χ4n) is 5.75. The van der Waals surface area contributed by atoms with E-state index in [1.54, 1.807) is 13.2 Å². The lowest BCUT2D eigenvalue weighted by molar-refractivity contribution is -0.205. The van der Waals surface area contributed by atoms with Crippen LogP contribution in [0.3, 0.4) is 0 Å². The summed E-state index contributed by atoms with van der Waals surface area (Å²) >= 11 is 7.67. The molecule has 3 heterocycles. The first kappa shape index (κ1) is 27.5. The van der Waals surface area contributed by atoms with Crippen LogP contribution in [0.15, 0.2) is 0 Å². The average molecular weight is 509 g/mol. The van der Waals surface area contributed by atoms with Crippen LogP contribution in [0, 0.1) is 17.8 Å². The molecule has 3 aliphatic rings. The fourth-order valence-corrected chi connectivity index (χ4v) is 6.64. The van der Waals surface area contributed by atoms with Crippen LogP contribution in [-0.4, -0.2) is 106 Å². The number of carbonyl (C=O) groups is 1. The Hall–Kier alpha value is -0.130. The molecule has 3 fully saturated rings. The molecule has 0 radical (unpaired) electrons. The van der Waals surface area contributed by atoms with Crippen LogP contribution in [0.2, 0.25) is 0 Å². The lowest BCUT2D eigenvalue weighted by atomic mass is 9.85. The molecule has 0 aromatic rings. The number of amides is 1. The highest BCUT2D eigenvalue weighted by Gasteiger charge is 2.50. The number of fused-ring (bicyclic) bond motifs is 1. The van der Waals surface area contributed by atoms with Gasteiger partial charge in [0.1, 0.15) is 35.9 Å². The molecule has 3 aliphatic heterocycles. The number of nitrogens with zero attached hydrogens (tertiary/aromatic N) is 1. The predicted octanol–water partition coefficient (Wildman–Crippen LogP) is 1.04. The van der Waals surface area contributed by atoms with Gasteiger partial charge in [0.2, 0.25) is 5.91 Å². The number of thioether (sulfide) groups is 1. The topological polar surface area (TPSA) is 111 Å². The van der Waals surface area contributed by atoms with Gasteiger partial charge in [0, 0.05) is 19.1 Å². The molecule has 10 heteroatoms. The molecule has 8 nitrogen and oxygen atoms in total.